The van der Waals surface area contributed by atoms with Crippen LogP contribution in [0.2, 0.25) is 0 Å². The maximum absolute atomic E-state index is 5.53. The van der Waals surface area contributed by atoms with Crippen molar-refractivity contribution in [1.82, 2.24) is 9.97 Å². The molecular weight excluding hydrogens is 200 g/mol. The number of hydrogen-bond acceptors (Lipinski definition) is 4. The molecule has 1 aromatic heterocycles. The molecule has 0 aliphatic heterocycles. The van der Waals surface area contributed by atoms with Gasteiger partial charge in [0, 0.05) is 12.7 Å². The summed E-state index contributed by atoms with van der Waals surface area (Å²) in [5.41, 5.74) is 5.53. The Morgan fingerprint density at radius 3 is 3.00 bits per heavy atom. The molecule has 1 aliphatic carbocycles. The van der Waals surface area contributed by atoms with Crippen LogP contribution < -0.4 is 11.1 Å². The Hall–Kier alpha value is -1.32. The fourth-order valence-corrected chi connectivity index (χ4v) is 2.40. The lowest BCUT2D eigenvalue weighted by atomic mass is 9.80. The van der Waals surface area contributed by atoms with Crippen LogP contribution in [0.15, 0.2) is 12.3 Å². The fraction of sp³-hybridized carbons (Fsp3) is 0.667. The molecule has 0 radical (unpaired) electrons. The van der Waals surface area contributed by atoms with Gasteiger partial charge in [-0.1, -0.05) is 26.2 Å². The zero-order valence-corrected chi connectivity index (χ0v) is 9.82. The Morgan fingerprint density at radius 1 is 1.44 bits per heavy atom. The molecule has 0 aromatic carbocycles. The van der Waals surface area contributed by atoms with Gasteiger partial charge in [0.25, 0.3) is 0 Å². The molecule has 3 N–H and O–H groups in total. The monoisotopic (exact) mass is 220 g/mol. The summed E-state index contributed by atoms with van der Waals surface area (Å²) in [6, 6.07) is 1.86. The number of anilines is 2. The van der Waals surface area contributed by atoms with Crippen LogP contribution in [0.5, 0.6) is 0 Å². The van der Waals surface area contributed by atoms with Gasteiger partial charge in [-0.15, -0.1) is 0 Å². The minimum Gasteiger partial charge on any atom is -0.370 e. The molecule has 16 heavy (non-hydrogen) atoms. The van der Waals surface area contributed by atoms with Crippen molar-refractivity contribution in [2.75, 3.05) is 17.6 Å². The van der Waals surface area contributed by atoms with Gasteiger partial charge in [-0.2, -0.15) is 4.98 Å². The van der Waals surface area contributed by atoms with E-state index < -0.39 is 0 Å². The molecule has 1 aliphatic rings. The lowest BCUT2D eigenvalue weighted by Crippen LogP contribution is -2.24. The zero-order chi connectivity index (χ0) is 11.4. The number of nitrogen functional groups attached to an aromatic ring is 1. The highest BCUT2D eigenvalue weighted by molar-refractivity contribution is 5.37. The van der Waals surface area contributed by atoms with Crippen molar-refractivity contribution >= 4 is 11.8 Å². The summed E-state index contributed by atoms with van der Waals surface area (Å²) in [5, 5.41) is 3.35. The summed E-state index contributed by atoms with van der Waals surface area (Å²) in [6.45, 7) is 3.34. The van der Waals surface area contributed by atoms with Gasteiger partial charge in [0.2, 0.25) is 5.95 Å². The van der Waals surface area contributed by atoms with Gasteiger partial charge in [-0.3, -0.25) is 0 Å². The first kappa shape index (κ1) is 11.2. The molecule has 0 spiro atoms. The minimum absolute atomic E-state index is 0.335. The van der Waals surface area contributed by atoms with Gasteiger partial charge >= 0.3 is 0 Å². The standard InChI is InChI=1S/C12H20N4/c1-9-4-2-3-5-10(9)8-15-11-6-7-14-12(13)16-11/h6-7,9-10H,2-5,8H2,1H3,(H3,13,14,15,16). The number of nitrogens with one attached hydrogen (secondary N) is 1. The highest BCUT2D eigenvalue weighted by atomic mass is 15.1. The Balaban J connectivity index is 1.86. The molecule has 1 fully saturated rings. The molecule has 2 atom stereocenters. The Labute approximate surface area is 96.7 Å². The van der Waals surface area contributed by atoms with Crippen molar-refractivity contribution < 1.29 is 0 Å². The summed E-state index contributed by atoms with van der Waals surface area (Å²) in [5.74, 6) is 2.76. The van der Waals surface area contributed by atoms with Gasteiger partial charge in [0.15, 0.2) is 0 Å². The molecule has 2 rings (SSSR count). The predicted molar refractivity (Wildman–Crippen MR) is 66.1 cm³/mol. The van der Waals surface area contributed by atoms with Crippen molar-refractivity contribution in [3.8, 4) is 0 Å². The first-order valence-corrected chi connectivity index (χ1v) is 6.08. The Bertz CT molecular complexity index is 340. The SMILES string of the molecule is CC1CCCCC1CNc1ccnc(N)n1. The molecule has 0 bridgehead atoms. The van der Waals surface area contributed by atoms with Crippen LogP contribution in [0.1, 0.15) is 32.6 Å². The fourth-order valence-electron chi connectivity index (χ4n) is 2.40. The van der Waals surface area contributed by atoms with Crippen molar-refractivity contribution in [1.29, 1.82) is 0 Å². The predicted octanol–water partition coefficient (Wildman–Crippen LogP) is 2.30. The highest BCUT2D eigenvalue weighted by Crippen LogP contribution is 2.29. The third kappa shape index (κ3) is 2.84. The van der Waals surface area contributed by atoms with Crippen LogP contribution in [-0.4, -0.2) is 16.5 Å². The third-order valence-corrected chi connectivity index (χ3v) is 3.51. The van der Waals surface area contributed by atoms with E-state index in [1.54, 1.807) is 6.20 Å². The topological polar surface area (TPSA) is 63.8 Å². The van der Waals surface area contributed by atoms with Crippen LogP contribution in [0.25, 0.3) is 0 Å². The summed E-state index contributed by atoms with van der Waals surface area (Å²) in [4.78, 5) is 8.01. The van der Waals surface area contributed by atoms with E-state index in [9.17, 15) is 0 Å². The molecule has 4 nitrogen and oxygen atoms in total. The van der Waals surface area contributed by atoms with Crippen molar-refractivity contribution in [2.24, 2.45) is 11.8 Å². The minimum atomic E-state index is 0.335. The molecule has 2 unspecified atom stereocenters. The number of aromatic nitrogens is 2. The second-order valence-corrected chi connectivity index (χ2v) is 4.70. The van der Waals surface area contributed by atoms with Crippen LogP contribution in [0.4, 0.5) is 11.8 Å². The number of rotatable bonds is 3. The smallest absolute Gasteiger partial charge is 0.221 e. The van der Waals surface area contributed by atoms with Crippen molar-refractivity contribution in [2.45, 2.75) is 32.6 Å². The molecule has 0 saturated heterocycles. The highest BCUT2D eigenvalue weighted by Gasteiger charge is 2.20. The summed E-state index contributed by atoms with van der Waals surface area (Å²) < 4.78 is 0. The number of nitrogens with two attached hydrogens (primary N) is 1. The van der Waals surface area contributed by atoms with E-state index >= 15 is 0 Å². The molecule has 1 heterocycles. The summed E-state index contributed by atoms with van der Waals surface area (Å²) >= 11 is 0. The Kier molecular flexibility index (Phi) is 3.59. The lowest BCUT2D eigenvalue weighted by Gasteiger charge is -2.28. The maximum atomic E-state index is 5.53. The van der Waals surface area contributed by atoms with Gasteiger partial charge in [-0.25, -0.2) is 4.98 Å². The number of nitrogens with zero attached hydrogens (tertiary/aromatic N) is 2. The van der Waals surface area contributed by atoms with Crippen LogP contribution in [0, 0.1) is 11.8 Å². The van der Waals surface area contributed by atoms with E-state index in [0.717, 1.165) is 24.2 Å². The van der Waals surface area contributed by atoms with Gasteiger partial charge in [-0.05, 0) is 24.3 Å². The second kappa shape index (κ2) is 5.14. The number of hydrogen-bond donors (Lipinski definition) is 2. The molecule has 0 amide bonds. The van der Waals surface area contributed by atoms with Gasteiger partial charge in [0.1, 0.15) is 5.82 Å². The van der Waals surface area contributed by atoms with Gasteiger partial charge < -0.3 is 11.1 Å². The maximum Gasteiger partial charge on any atom is 0.221 e. The van der Waals surface area contributed by atoms with Crippen LogP contribution in [-0.2, 0) is 0 Å². The Morgan fingerprint density at radius 2 is 2.25 bits per heavy atom. The van der Waals surface area contributed by atoms with Gasteiger partial charge in [0.05, 0.1) is 0 Å². The van der Waals surface area contributed by atoms with E-state index in [1.807, 2.05) is 6.07 Å². The van der Waals surface area contributed by atoms with E-state index in [4.69, 9.17) is 5.73 Å². The van der Waals surface area contributed by atoms with Crippen LogP contribution >= 0.6 is 0 Å². The quantitative estimate of drug-likeness (QED) is 0.820. The molecule has 88 valence electrons. The normalized spacial score (nSPS) is 25.3. The largest absolute Gasteiger partial charge is 0.370 e. The van der Waals surface area contributed by atoms with E-state index in [2.05, 4.69) is 22.2 Å². The van der Waals surface area contributed by atoms with E-state index in [1.165, 1.54) is 25.7 Å². The molecule has 1 saturated carbocycles. The third-order valence-electron chi connectivity index (χ3n) is 3.51. The first-order chi connectivity index (χ1) is 7.75. The van der Waals surface area contributed by atoms with Crippen molar-refractivity contribution in [3.05, 3.63) is 12.3 Å². The zero-order valence-electron chi connectivity index (χ0n) is 9.82. The average molecular weight is 220 g/mol. The summed E-state index contributed by atoms with van der Waals surface area (Å²) in [7, 11) is 0. The van der Waals surface area contributed by atoms with E-state index in [-0.39, 0.29) is 0 Å². The van der Waals surface area contributed by atoms with E-state index in [0.29, 0.717) is 5.95 Å². The first-order valence-electron chi connectivity index (χ1n) is 6.08. The second-order valence-electron chi connectivity index (χ2n) is 4.70. The molecule has 1 aromatic rings. The summed E-state index contributed by atoms with van der Waals surface area (Å²) in [6.07, 6.45) is 7.13. The van der Waals surface area contributed by atoms with Crippen LogP contribution in [0.3, 0.4) is 0 Å². The molecule has 4 heteroatoms. The van der Waals surface area contributed by atoms with Crippen molar-refractivity contribution in [3.63, 3.8) is 0 Å². The average Bonchev–Trinajstić information content (AvgIpc) is 2.28. The lowest BCUT2D eigenvalue weighted by molar-refractivity contribution is 0.268. The molecular formula is C12H20N4.